The van der Waals surface area contributed by atoms with Crippen molar-refractivity contribution in [1.29, 1.82) is 0 Å². The average Bonchev–Trinajstić information content (AvgIpc) is 2.89. The van der Waals surface area contributed by atoms with Gasteiger partial charge in [0.25, 0.3) is 5.91 Å². The highest BCUT2D eigenvalue weighted by atomic mass is 16.2. The molecule has 1 amide bonds. The summed E-state index contributed by atoms with van der Waals surface area (Å²) in [6.45, 7) is 6.20. The van der Waals surface area contributed by atoms with Gasteiger partial charge in [0.1, 0.15) is 23.2 Å². The zero-order chi connectivity index (χ0) is 20.4. The molecule has 6 heteroatoms. The zero-order valence-corrected chi connectivity index (χ0v) is 16.4. The molecule has 1 aromatic heterocycles. The molecular formula is C22H25N3O3. The lowest BCUT2D eigenvalue weighted by atomic mass is 9.86. The van der Waals surface area contributed by atoms with Crippen molar-refractivity contribution >= 4 is 23.3 Å². The standard InChI is InChI=1S/C22H25N3O3/c1-12-9-13(2)19(14(3)10-12)20-17(26)11-15(21(20)27)7-8-24-22(28)16-5-4-6-18(23)25-16/h4-6,9-10,15,20H,7-8,11H2,1-3H3,(H2,23,25)(H,24,28). The second-order valence-electron chi connectivity index (χ2n) is 7.51. The molecule has 0 radical (unpaired) electrons. The summed E-state index contributed by atoms with van der Waals surface area (Å²) in [5.41, 5.74) is 9.74. The van der Waals surface area contributed by atoms with Crippen LogP contribution in [0.5, 0.6) is 0 Å². The van der Waals surface area contributed by atoms with Crippen molar-refractivity contribution in [1.82, 2.24) is 10.3 Å². The van der Waals surface area contributed by atoms with Gasteiger partial charge in [0.15, 0.2) is 5.78 Å². The molecule has 2 aromatic rings. The summed E-state index contributed by atoms with van der Waals surface area (Å²) < 4.78 is 0. The first-order chi connectivity index (χ1) is 13.3. The number of nitrogen functional groups attached to an aromatic ring is 1. The first kappa shape index (κ1) is 19.7. The number of nitrogens with zero attached hydrogens (tertiary/aromatic N) is 1. The molecule has 1 saturated carbocycles. The average molecular weight is 379 g/mol. The van der Waals surface area contributed by atoms with E-state index in [-0.39, 0.29) is 41.3 Å². The number of pyridine rings is 1. The van der Waals surface area contributed by atoms with Gasteiger partial charge in [-0.2, -0.15) is 0 Å². The Morgan fingerprint density at radius 2 is 1.86 bits per heavy atom. The fourth-order valence-corrected chi connectivity index (χ4v) is 4.08. The predicted molar refractivity (Wildman–Crippen MR) is 107 cm³/mol. The molecule has 3 N–H and O–H groups in total. The summed E-state index contributed by atoms with van der Waals surface area (Å²) in [5.74, 6) is -1.20. The normalized spacial score (nSPS) is 19.1. The molecular weight excluding hydrogens is 354 g/mol. The smallest absolute Gasteiger partial charge is 0.269 e. The van der Waals surface area contributed by atoms with Gasteiger partial charge in [0.2, 0.25) is 0 Å². The molecule has 2 unspecified atom stereocenters. The molecule has 146 valence electrons. The van der Waals surface area contributed by atoms with Gasteiger partial charge in [-0.1, -0.05) is 23.8 Å². The zero-order valence-electron chi connectivity index (χ0n) is 16.4. The molecule has 1 heterocycles. The largest absolute Gasteiger partial charge is 0.384 e. The summed E-state index contributed by atoms with van der Waals surface area (Å²) in [6.07, 6.45) is 0.655. The van der Waals surface area contributed by atoms with Gasteiger partial charge in [-0.3, -0.25) is 14.4 Å². The molecule has 1 aliphatic carbocycles. The van der Waals surface area contributed by atoms with Gasteiger partial charge in [-0.25, -0.2) is 4.98 Å². The van der Waals surface area contributed by atoms with Crippen LogP contribution in [0.2, 0.25) is 0 Å². The quantitative estimate of drug-likeness (QED) is 0.778. The number of anilines is 1. The van der Waals surface area contributed by atoms with E-state index >= 15 is 0 Å². The third-order valence-electron chi connectivity index (χ3n) is 5.26. The van der Waals surface area contributed by atoms with Crippen LogP contribution in [0.1, 0.15) is 51.5 Å². The maximum atomic E-state index is 12.9. The molecule has 0 bridgehead atoms. The number of benzene rings is 1. The van der Waals surface area contributed by atoms with Crippen LogP contribution in [0.25, 0.3) is 0 Å². The topological polar surface area (TPSA) is 102 Å². The van der Waals surface area contributed by atoms with E-state index in [0.717, 1.165) is 22.3 Å². The SMILES string of the molecule is Cc1cc(C)c(C2C(=O)CC(CCNC(=O)c3cccc(N)n3)C2=O)c(C)c1. The number of nitrogens with two attached hydrogens (primary N) is 1. The fraction of sp³-hybridized carbons (Fsp3) is 0.364. The van der Waals surface area contributed by atoms with E-state index in [9.17, 15) is 14.4 Å². The van der Waals surface area contributed by atoms with Crippen LogP contribution < -0.4 is 11.1 Å². The van der Waals surface area contributed by atoms with Gasteiger partial charge in [0.05, 0.1) is 0 Å². The summed E-state index contributed by atoms with van der Waals surface area (Å²) in [6, 6.07) is 8.86. The molecule has 3 rings (SSSR count). The highest BCUT2D eigenvalue weighted by Gasteiger charge is 2.42. The van der Waals surface area contributed by atoms with Gasteiger partial charge in [0, 0.05) is 18.9 Å². The molecule has 1 aliphatic rings. The summed E-state index contributed by atoms with van der Waals surface area (Å²) in [5, 5.41) is 2.75. The van der Waals surface area contributed by atoms with E-state index in [1.54, 1.807) is 18.2 Å². The molecule has 2 atom stereocenters. The van der Waals surface area contributed by atoms with Crippen LogP contribution in [0.4, 0.5) is 5.82 Å². The number of amides is 1. The molecule has 6 nitrogen and oxygen atoms in total. The number of carbonyl (C=O) groups excluding carboxylic acids is 3. The monoisotopic (exact) mass is 379 g/mol. The first-order valence-electron chi connectivity index (χ1n) is 9.43. The van der Waals surface area contributed by atoms with Crippen molar-refractivity contribution in [3.05, 3.63) is 58.3 Å². The molecule has 1 aromatic carbocycles. The van der Waals surface area contributed by atoms with Crippen molar-refractivity contribution in [2.24, 2.45) is 5.92 Å². The second kappa shape index (κ2) is 7.92. The Balaban J connectivity index is 1.65. The number of rotatable bonds is 5. The lowest BCUT2D eigenvalue weighted by Crippen LogP contribution is -2.28. The van der Waals surface area contributed by atoms with Gasteiger partial charge < -0.3 is 11.1 Å². The Morgan fingerprint density at radius 3 is 2.50 bits per heavy atom. The Bertz CT molecular complexity index is 929. The lowest BCUT2D eigenvalue weighted by molar-refractivity contribution is -0.124. The second-order valence-corrected chi connectivity index (χ2v) is 7.51. The maximum absolute atomic E-state index is 12.9. The van der Waals surface area contributed by atoms with Crippen LogP contribution in [0.15, 0.2) is 30.3 Å². The Labute approximate surface area is 164 Å². The maximum Gasteiger partial charge on any atom is 0.269 e. The number of aryl methyl sites for hydroxylation is 3. The molecule has 0 saturated heterocycles. The summed E-state index contributed by atoms with van der Waals surface area (Å²) in [4.78, 5) is 41.7. The number of ketones is 2. The van der Waals surface area contributed by atoms with Crippen molar-refractivity contribution in [2.45, 2.75) is 39.5 Å². The van der Waals surface area contributed by atoms with E-state index < -0.39 is 5.92 Å². The number of carbonyl (C=O) groups is 3. The highest BCUT2D eigenvalue weighted by molar-refractivity contribution is 6.15. The van der Waals surface area contributed by atoms with Gasteiger partial charge >= 0.3 is 0 Å². The van der Waals surface area contributed by atoms with Crippen LogP contribution in [0.3, 0.4) is 0 Å². The van der Waals surface area contributed by atoms with Crippen molar-refractivity contribution in [3.63, 3.8) is 0 Å². The minimum absolute atomic E-state index is 0.0334. The van der Waals surface area contributed by atoms with Gasteiger partial charge in [-0.05, 0) is 56.0 Å². The van der Waals surface area contributed by atoms with Gasteiger partial charge in [-0.15, -0.1) is 0 Å². The Morgan fingerprint density at radius 1 is 1.18 bits per heavy atom. The van der Waals surface area contributed by atoms with Crippen LogP contribution in [-0.4, -0.2) is 29.0 Å². The minimum atomic E-state index is -0.683. The summed E-state index contributed by atoms with van der Waals surface area (Å²) in [7, 11) is 0. The van der Waals surface area contributed by atoms with Crippen molar-refractivity contribution in [3.8, 4) is 0 Å². The summed E-state index contributed by atoms with van der Waals surface area (Å²) >= 11 is 0. The third-order valence-corrected chi connectivity index (χ3v) is 5.26. The van der Waals surface area contributed by atoms with E-state index in [4.69, 9.17) is 5.73 Å². The predicted octanol–water partition coefficient (Wildman–Crippen LogP) is 2.65. The van der Waals surface area contributed by atoms with Crippen LogP contribution in [0, 0.1) is 26.7 Å². The van der Waals surface area contributed by atoms with Crippen molar-refractivity contribution < 1.29 is 14.4 Å². The van der Waals surface area contributed by atoms with E-state index in [0.29, 0.717) is 13.0 Å². The number of Topliss-reactive ketones (excluding diaryl/α,β-unsaturated/α-hetero) is 2. The highest BCUT2D eigenvalue weighted by Crippen LogP contribution is 2.37. The Kier molecular flexibility index (Phi) is 5.58. The van der Waals surface area contributed by atoms with E-state index in [2.05, 4.69) is 10.3 Å². The van der Waals surface area contributed by atoms with E-state index in [1.807, 2.05) is 32.9 Å². The Hall–Kier alpha value is -3.02. The van der Waals surface area contributed by atoms with Crippen LogP contribution >= 0.6 is 0 Å². The van der Waals surface area contributed by atoms with Crippen LogP contribution in [-0.2, 0) is 9.59 Å². The fourth-order valence-electron chi connectivity index (χ4n) is 4.08. The van der Waals surface area contributed by atoms with E-state index in [1.165, 1.54) is 0 Å². The third kappa shape index (κ3) is 3.96. The molecule has 0 spiro atoms. The first-order valence-corrected chi connectivity index (χ1v) is 9.43. The number of nitrogens with one attached hydrogen (secondary N) is 1. The lowest BCUT2D eigenvalue weighted by Gasteiger charge is -2.16. The minimum Gasteiger partial charge on any atom is -0.384 e. The number of hydrogen-bond donors (Lipinski definition) is 2. The molecule has 0 aliphatic heterocycles. The number of aromatic nitrogens is 1. The molecule has 1 fully saturated rings. The molecule has 28 heavy (non-hydrogen) atoms. The number of hydrogen-bond acceptors (Lipinski definition) is 5. The van der Waals surface area contributed by atoms with Crippen molar-refractivity contribution in [2.75, 3.05) is 12.3 Å².